The van der Waals surface area contributed by atoms with Crippen molar-refractivity contribution in [2.45, 2.75) is 13.3 Å². The largest absolute Gasteiger partial charge is 0.481 e. The molecule has 0 fully saturated rings. The van der Waals surface area contributed by atoms with E-state index < -0.39 is 5.97 Å². The zero-order chi connectivity index (χ0) is 9.84. The van der Waals surface area contributed by atoms with Crippen LogP contribution in [0.3, 0.4) is 0 Å². The molecule has 0 aliphatic heterocycles. The van der Waals surface area contributed by atoms with Gasteiger partial charge in [0.25, 0.3) is 0 Å². The van der Waals surface area contributed by atoms with Gasteiger partial charge in [0.15, 0.2) is 5.13 Å². The summed E-state index contributed by atoms with van der Waals surface area (Å²) in [5.41, 5.74) is 6.18. The Hall–Kier alpha value is -1.54. The number of rotatable bonds is 1. The zero-order valence-electron chi connectivity index (χ0n) is 7.00. The number of nitrogen functional groups attached to an aromatic ring is 1. The fourth-order valence-electron chi connectivity index (χ4n) is 0.733. The van der Waals surface area contributed by atoms with Gasteiger partial charge in [0, 0.05) is 0 Å². The maximum absolute atomic E-state index is 10.1. The van der Waals surface area contributed by atoms with E-state index in [0.717, 1.165) is 10.6 Å². The average molecular weight is 196 g/mol. The molecule has 0 unspecified atom stereocenters. The van der Waals surface area contributed by atoms with Gasteiger partial charge in [-0.05, 0) is 6.92 Å². The lowest BCUT2D eigenvalue weighted by atomic mass is 10.3. The third-order valence-electron chi connectivity index (χ3n) is 1.25. The molecule has 0 atom stereocenters. The Kier molecular flexibility index (Phi) is 2.88. The summed E-state index contributed by atoms with van der Waals surface area (Å²) < 4.78 is 0. The Balaban J connectivity index is 2.77. The molecule has 0 spiro atoms. The first-order chi connectivity index (χ1) is 6.09. The number of hydrogen-bond donors (Lipinski definition) is 2. The summed E-state index contributed by atoms with van der Waals surface area (Å²) >= 11 is 1.27. The number of anilines is 1. The van der Waals surface area contributed by atoms with Gasteiger partial charge < -0.3 is 10.8 Å². The number of thiazole rings is 1. The predicted octanol–water partition coefficient (Wildman–Crippen LogP) is 0.860. The monoisotopic (exact) mass is 196 g/mol. The van der Waals surface area contributed by atoms with E-state index >= 15 is 0 Å². The molecule has 0 amide bonds. The lowest BCUT2D eigenvalue weighted by molar-refractivity contribution is -0.135. The quantitative estimate of drug-likeness (QED) is 0.653. The van der Waals surface area contributed by atoms with Gasteiger partial charge in [-0.15, -0.1) is 0 Å². The Labute approximate surface area is 79.4 Å². The number of carbonyl (C=O) groups is 1. The zero-order valence-corrected chi connectivity index (χ0v) is 7.81. The maximum Gasteiger partial charge on any atom is 0.315 e. The number of aliphatic carboxylic acids is 1. The first-order valence-corrected chi connectivity index (χ1v) is 4.35. The molecule has 0 bridgehead atoms. The first kappa shape index (κ1) is 9.55. The van der Waals surface area contributed by atoms with Crippen LogP contribution in [0.4, 0.5) is 5.13 Å². The van der Waals surface area contributed by atoms with Crippen molar-refractivity contribution >= 4 is 22.4 Å². The molecule has 0 saturated heterocycles. The van der Waals surface area contributed by atoms with Crippen molar-refractivity contribution in [1.82, 2.24) is 4.98 Å². The Bertz CT molecular complexity index is 387. The SMILES string of the molecule is Cc1nc(N)sc1C#CCC(=O)O. The standard InChI is InChI=1S/C8H8N2O2S/c1-5-6(13-8(9)10-5)3-2-4-7(11)12/h4H2,1H3,(H2,9,10)(H,11,12). The number of hydrogen-bond acceptors (Lipinski definition) is 4. The normalized spacial score (nSPS) is 9.00. The van der Waals surface area contributed by atoms with Gasteiger partial charge in [-0.1, -0.05) is 23.2 Å². The molecular weight excluding hydrogens is 188 g/mol. The summed E-state index contributed by atoms with van der Waals surface area (Å²) in [7, 11) is 0. The minimum atomic E-state index is -0.928. The van der Waals surface area contributed by atoms with Crippen molar-refractivity contribution < 1.29 is 9.90 Å². The summed E-state index contributed by atoms with van der Waals surface area (Å²) in [6.45, 7) is 1.79. The Morgan fingerprint density at radius 1 is 1.77 bits per heavy atom. The van der Waals surface area contributed by atoms with Crippen LogP contribution in [0.25, 0.3) is 0 Å². The van der Waals surface area contributed by atoms with Crippen LogP contribution >= 0.6 is 11.3 Å². The van der Waals surface area contributed by atoms with Gasteiger partial charge in [-0.3, -0.25) is 4.79 Å². The van der Waals surface area contributed by atoms with E-state index in [9.17, 15) is 4.79 Å². The predicted molar refractivity (Wildman–Crippen MR) is 50.4 cm³/mol. The van der Waals surface area contributed by atoms with E-state index in [0.29, 0.717) is 5.13 Å². The second kappa shape index (κ2) is 3.92. The Morgan fingerprint density at radius 2 is 2.46 bits per heavy atom. The van der Waals surface area contributed by atoms with Crippen LogP contribution < -0.4 is 5.73 Å². The van der Waals surface area contributed by atoms with Crippen molar-refractivity contribution in [3.05, 3.63) is 10.6 Å². The van der Waals surface area contributed by atoms with Gasteiger partial charge in [0.1, 0.15) is 11.3 Å². The molecule has 5 heteroatoms. The lowest BCUT2D eigenvalue weighted by Gasteiger charge is -1.81. The molecule has 0 saturated carbocycles. The minimum Gasteiger partial charge on any atom is -0.481 e. The van der Waals surface area contributed by atoms with E-state index in [1.807, 2.05) is 0 Å². The number of carboxylic acid groups (broad SMARTS) is 1. The molecule has 4 nitrogen and oxygen atoms in total. The number of aryl methyl sites for hydroxylation is 1. The number of nitrogens with two attached hydrogens (primary N) is 1. The van der Waals surface area contributed by atoms with Crippen LogP contribution in [0.5, 0.6) is 0 Å². The van der Waals surface area contributed by atoms with Crippen LogP contribution in [0, 0.1) is 18.8 Å². The van der Waals surface area contributed by atoms with Crippen molar-refractivity contribution in [1.29, 1.82) is 0 Å². The van der Waals surface area contributed by atoms with E-state index in [-0.39, 0.29) is 6.42 Å². The molecular formula is C8H8N2O2S. The summed E-state index contributed by atoms with van der Waals surface area (Å²) in [5.74, 6) is 4.30. The summed E-state index contributed by atoms with van der Waals surface area (Å²) in [4.78, 5) is 14.8. The van der Waals surface area contributed by atoms with Crippen molar-refractivity contribution in [2.24, 2.45) is 0 Å². The van der Waals surface area contributed by atoms with Crippen molar-refractivity contribution in [2.75, 3.05) is 5.73 Å². The topological polar surface area (TPSA) is 76.2 Å². The second-order valence-electron chi connectivity index (χ2n) is 2.34. The fourth-order valence-corrected chi connectivity index (χ4v) is 1.44. The average Bonchev–Trinajstić information content (AvgIpc) is 2.29. The van der Waals surface area contributed by atoms with E-state index in [2.05, 4.69) is 16.8 Å². The molecule has 1 aromatic rings. The van der Waals surface area contributed by atoms with Crippen LogP contribution in [0.2, 0.25) is 0 Å². The smallest absolute Gasteiger partial charge is 0.315 e. The van der Waals surface area contributed by atoms with Crippen LogP contribution in [0.15, 0.2) is 0 Å². The third kappa shape index (κ3) is 2.76. The minimum absolute atomic E-state index is 0.156. The molecule has 0 radical (unpaired) electrons. The van der Waals surface area contributed by atoms with Crippen LogP contribution in [0.1, 0.15) is 17.0 Å². The highest BCUT2D eigenvalue weighted by molar-refractivity contribution is 7.16. The molecule has 1 aromatic heterocycles. The van der Waals surface area contributed by atoms with Crippen LogP contribution in [-0.2, 0) is 4.79 Å². The van der Waals surface area contributed by atoms with Crippen LogP contribution in [-0.4, -0.2) is 16.1 Å². The molecule has 0 aliphatic rings. The lowest BCUT2D eigenvalue weighted by Crippen LogP contribution is -1.90. The molecule has 0 aliphatic carbocycles. The molecule has 1 heterocycles. The maximum atomic E-state index is 10.1. The van der Waals surface area contributed by atoms with Gasteiger partial charge in [-0.2, -0.15) is 0 Å². The Morgan fingerprint density at radius 3 is 2.92 bits per heavy atom. The molecule has 0 aromatic carbocycles. The number of aromatic nitrogens is 1. The summed E-state index contributed by atoms with van der Waals surface area (Å²) in [5, 5.41) is 8.78. The second-order valence-corrected chi connectivity index (χ2v) is 3.37. The van der Waals surface area contributed by atoms with Gasteiger partial charge in [0.2, 0.25) is 0 Å². The highest BCUT2D eigenvalue weighted by atomic mass is 32.1. The molecule has 13 heavy (non-hydrogen) atoms. The van der Waals surface area contributed by atoms with E-state index in [1.54, 1.807) is 6.92 Å². The van der Waals surface area contributed by atoms with Gasteiger partial charge in [-0.25, -0.2) is 4.98 Å². The molecule has 3 N–H and O–H groups in total. The van der Waals surface area contributed by atoms with E-state index in [4.69, 9.17) is 10.8 Å². The molecule has 1 rings (SSSR count). The first-order valence-electron chi connectivity index (χ1n) is 3.53. The van der Waals surface area contributed by atoms with Gasteiger partial charge >= 0.3 is 5.97 Å². The highest BCUT2D eigenvalue weighted by Crippen LogP contribution is 2.17. The fraction of sp³-hybridized carbons (Fsp3) is 0.250. The summed E-state index contributed by atoms with van der Waals surface area (Å²) in [6.07, 6.45) is -0.156. The number of nitrogens with zero attached hydrogens (tertiary/aromatic N) is 1. The highest BCUT2D eigenvalue weighted by Gasteiger charge is 2.00. The van der Waals surface area contributed by atoms with Crippen molar-refractivity contribution in [3.63, 3.8) is 0 Å². The summed E-state index contributed by atoms with van der Waals surface area (Å²) in [6, 6.07) is 0. The number of carboxylic acids is 1. The van der Waals surface area contributed by atoms with E-state index in [1.165, 1.54) is 11.3 Å². The third-order valence-corrected chi connectivity index (χ3v) is 2.16. The van der Waals surface area contributed by atoms with Gasteiger partial charge in [0.05, 0.1) is 5.69 Å². The molecule has 68 valence electrons. The van der Waals surface area contributed by atoms with Crippen molar-refractivity contribution in [3.8, 4) is 11.8 Å².